The molecule has 0 bridgehead atoms. The summed E-state index contributed by atoms with van der Waals surface area (Å²) in [4.78, 5) is 24.5. The van der Waals surface area contributed by atoms with Crippen molar-refractivity contribution in [2.24, 2.45) is 0 Å². The first-order valence-corrected chi connectivity index (χ1v) is 11.5. The standard InChI is InChI=1S/C20H21BrN2O6S/c1-13(20(25)23-17-9-10-28-18-8-3-2-7-16(17)18)29-19(24)12-22-30(26,27)15-6-4-5-14(21)11-15/h2-8,11,13,17,22H,9-10,12H2,1H3,(H,23,25). The molecular weight excluding hydrogens is 476 g/mol. The molecule has 2 N–H and O–H groups in total. The number of rotatable bonds is 7. The van der Waals surface area contributed by atoms with Crippen molar-refractivity contribution in [3.8, 4) is 5.75 Å². The number of carbonyl (C=O) groups excluding carboxylic acids is 2. The number of ether oxygens (including phenoxy) is 2. The molecule has 0 saturated heterocycles. The number of amides is 1. The number of hydrogen-bond acceptors (Lipinski definition) is 6. The van der Waals surface area contributed by atoms with Crippen LogP contribution in [0.3, 0.4) is 0 Å². The molecular formula is C20H21BrN2O6S. The fraction of sp³-hybridized carbons (Fsp3) is 0.300. The molecule has 2 atom stereocenters. The van der Waals surface area contributed by atoms with Crippen LogP contribution in [-0.2, 0) is 24.3 Å². The van der Waals surface area contributed by atoms with E-state index in [1.807, 2.05) is 24.3 Å². The lowest BCUT2D eigenvalue weighted by Gasteiger charge is -2.27. The number of para-hydroxylation sites is 1. The molecule has 0 spiro atoms. The van der Waals surface area contributed by atoms with Crippen LogP contribution in [0.2, 0.25) is 0 Å². The normalized spacial score (nSPS) is 16.7. The summed E-state index contributed by atoms with van der Waals surface area (Å²) in [5.41, 5.74) is 0.859. The van der Waals surface area contributed by atoms with E-state index < -0.39 is 34.5 Å². The van der Waals surface area contributed by atoms with Crippen LogP contribution in [-0.4, -0.2) is 39.5 Å². The van der Waals surface area contributed by atoms with Gasteiger partial charge in [-0.3, -0.25) is 9.59 Å². The zero-order valence-corrected chi connectivity index (χ0v) is 18.5. The second-order valence-electron chi connectivity index (χ2n) is 6.65. The second kappa shape index (κ2) is 9.59. The van der Waals surface area contributed by atoms with Crippen molar-refractivity contribution in [2.75, 3.05) is 13.2 Å². The van der Waals surface area contributed by atoms with Crippen molar-refractivity contribution in [2.45, 2.75) is 30.4 Å². The quantitative estimate of drug-likeness (QED) is 0.569. The number of esters is 1. The number of carbonyl (C=O) groups is 2. The molecule has 0 aromatic heterocycles. The van der Waals surface area contributed by atoms with Gasteiger partial charge in [0.15, 0.2) is 6.10 Å². The Bertz CT molecular complexity index is 1040. The molecule has 0 fully saturated rings. The van der Waals surface area contributed by atoms with E-state index in [0.717, 1.165) is 5.56 Å². The maximum absolute atomic E-state index is 12.4. The number of sulfonamides is 1. The Morgan fingerprint density at radius 3 is 2.77 bits per heavy atom. The summed E-state index contributed by atoms with van der Waals surface area (Å²) >= 11 is 3.20. The third kappa shape index (κ3) is 5.59. The Hall–Kier alpha value is -2.43. The predicted molar refractivity (Wildman–Crippen MR) is 112 cm³/mol. The summed E-state index contributed by atoms with van der Waals surface area (Å²) in [5.74, 6) is -0.621. The van der Waals surface area contributed by atoms with Gasteiger partial charge in [0, 0.05) is 16.5 Å². The third-order valence-electron chi connectivity index (χ3n) is 4.47. The zero-order valence-electron chi connectivity index (χ0n) is 16.1. The van der Waals surface area contributed by atoms with E-state index in [1.54, 1.807) is 12.1 Å². The molecule has 1 amide bonds. The highest BCUT2D eigenvalue weighted by molar-refractivity contribution is 9.10. The topological polar surface area (TPSA) is 111 Å². The fourth-order valence-electron chi connectivity index (χ4n) is 2.94. The molecule has 10 heteroatoms. The first kappa shape index (κ1) is 22.3. The van der Waals surface area contributed by atoms with E-state index in [-0.39, 0.29) is 10.9 Å². The Morgan fingerprint density at radius 1 is 1.23 bits per heavy atom. The molecule has 1 heterocycles. The average molecular weight is 497 g/mol. The first-order chi connectivity index (χ1) is 14.3. The molecule has 0 radical (unpaired) electrons. The number of benzene rings is 2. The Morgan fingerprint density at radius 2 is 2.00 bits per heavy atom. The van der Waals surface area contributed by atoms with Gasteiger partial charge in [0.2, 0.25) is 10.0 Å². The number of halogens is 1. The Balaban J connectivity index is 1.52. The summed E-state index contributed by atoms with van der Waals surface area (Å²) in [6, 6.07) is 13.2. The average Bonchev–Trinajstić information content (AvgIpc) is 2.72. The molecule has 30 heavy (non-hydrogen) atoms. The highest BCUT2D eigenvalue weighted by Crippen LogP contribution is 2.31. The molecule has 1 aliphatic heterocycles. The third-order valence-corrected chi connectivity index (χ3v) is 6.36. The predicted octanol–water partition coefficient (Wildman–Crippen LogP) is 2.30. The lowest BCUT2D eigenvalue weighted by Crippen LogP contribution is -2.41. The summed E-state index contributed by atoms with van der Waals surface area (Å²) in [6.07, 6.45) is -0.488. The minimum atomic E-state index is -3.89. The van der Waals surface area contributed by atoms with Crippen molar-refractivity contribution >= 4 is 37.8 Å². The van der Waals surface area contributed by atoms with Gasteiger partial charge in [-0.25, -0.2) is 8.42 Å². The van der Waals surface area contributed by atoms with Gasteiger partial charge >= 0.3 is 5.97 Å². The van der Waals surface area contributed by atoms with E-state index in [9.17, 15) is 18.0 Å². The lowest BCUT2D eigenvalue weighted by molar-refractivity contribution is -0.154. The molecule has 2 aromatic carbocycles. The summed E-state index contributed by atoms with van der Waals surface area (Å²) < 4.78 is 37.9. The highest BCUT2D eigenvalue weighted by Gasteiger charge is 2.26. The van der Waals surface area contributed by atoms with E-state index >= 15 is 0 Å². The minimum absolute atomic E-state index is 0.00801. The van der Waals surface area contributed by atoms with Crippen LogP contribution >= 0.6 is 15.9 Å². The van der Waals surface area contributed by atoms with E-state index in [4.69, 9.17) is 9.47 Å². The van der Waals surface area contributed by atoms with Crippen molar-refractivity contribution in [1.29, 1.82) is 0 Å². The van der Waals surface area contributed by atoms with Crippen LogP contribution in [0.15, 0.2) is 57.9 Å². The van der Waals surface area contributed by atoms with Crippen LogP contribution in [0.25, 0.3) is 0 Å². The SMILES string of the molecule is CC(OC(=O)CNS(=O)(=O)c1cccc(Br)c1)C(=O)NC1CCOc2ccccc21. The molecule has 0 aliphatic carbocycles. The molecule has 2 aromatic rings. The number of fused-ring (bicyclic) bond motifs is 1. The number of nitrogens with one attached hydrogen (secondary N) is 2. The van der Waals surface area contributed by atoms with Gasteiger partial charge in [0.05, 0.1) is 17.5 Å². The Labute approximate surface area is 183 Å². The molecule has 8 nitrogen and oxygen atoms in total. The van der Waals surface area contributed by atoms with Gasteiger partial charge in [0.25, 0.3) is 5.91 Å². The second-order valence-corrected chi connectivity index (χ2v) is 9.33. The first-order valence-electron chi connectivity index (χ1n) is 9.23. The largest absolute Gasteiger partial charge is 0.493 e. The van der Waals surface area contributed by atoms with Crippen molar-refractivity contribution in [1.82, 2.24) is 10.0 Å². The number of hydrogen-bond donors (Lipinski definition) is 2. The van der Waals surface area contributed by atoms with Gasteiger partial charge in [-0.05, 0) is 31.2 Å². The maximum Gasteiger partial charge on any atom is 0.321 e. The smallest absolute Gasteiger partial charge is 0.321 e. The van der Waals surface area contributed by atoms with Gasteiger partial charge < -0.3 is 14.8 Å². The van der Waals surface area contributed by atoms with Crippen molar-refractivity contribution in [3.05, 3.63) is 58.6 Å². The van der Waals surface area contributed by atoms with Gasteiger partial charge in [0.1, 0.15) is 12.3 Å². The zero-order chi connectivity index (χ0) is 21.7. The minimum Gasteiger partial charge on any atom is -0.493 e. The highest BCUT2D eigenvalue weighted by atomic mass is 79.9. The van der Waals surface area contributed by atoms with E-state index in [0.29, 0.717) is 23.2 Å². The molecule has 3 rings (SSSR count). The Kier molecular flexibility index (Phi) is 7.11. The maximum atomic E-state index is 12.4. The van der Waals surface area contributed by atoms with Crippen LogP contribution in [0.5, 0.6) is 5.75 Å². The van der Waals surface area contributed by atoms with Crippen LogP contribution in [0, 0.1) is 0 Å². The van der Waals surface area contributed by atoms with Crippen molar-refractivity contribution in [3.63, 3.8) is 0 Å². The van der Waals surface area contributed by atoms with Crippen molar-refractivity contribution < 1.29 is 27.5 Å². The summed E-state index contributed by atoms with van der Waals surface area (Å²) in [6.45, 7) is 1.31. The van der Waals surface area contributed by atoms with Gasteiger partial charge in [-0.2, -0.15) is 4.72 Å². The fourth-order valence-corrected chi connectivity index (χ4v) is 4.51. The summed E-state index contributed by atoms with van der Waals surface area (Å²) in [7, 11) is -3.89. The van der Waals surface area contributed by atoms with E-state index in [1.165, 1.54) is 19.1 Å². The van der Waals surface area contributed by atoms with Crippen LogP contribution < -0.4 is 14.8 Å². The van der Waals surface area contributed by atoms with E-state index in [2.05, 4.69) is 26.0 Å². The van der Waals surface area contributed by atoms with Crippen LogP contribution in [0.4, 0.5) is 0 Å². The summed E-state index contributed by atoms with van der Waals surface area (Å²) in [5, 5.41) is 2.84. The lowest BCUT2D eigenvalue weighted by atomic mass is 10.0. The van der Waals surface area contributed by atoms with Gasteiger partial charge in [-0.15, -0.1) is 0 Å². The molecule has 2 unspecified atom stereocenters. The molecule has 1 aliphatic rings. The molecule has 0 saturated carbocycles. The monoisotopic (exact) mass is 496 g/mol. The molecule has 160 valence electrons. The van der Waals surface area contributed by atoms with Crippen LogP contribution in [0.1, 0.15) is 24.9 Å². The van der Waals surface area contributed by atoms with Gasteiger partial charge in [-0.1, -0.05) is 40.2 Å².